The Hall–Kier alpha value is -1.44. The standard InChI is InChI=1S/C14H20F3N7S.HI/c1-3-11-23-21-9-24(11)7-6-20-13(18-2)19-5-4-12-22-10(8-25-12)14(15,16)17;/h8-9H,3-7H2,1-2H3,(H2,18,19,20);1H. The van der Waals surface area contributed by atoms with Gasteiger partial charge in [0.15, 0.2) is 11.7 Å². The van der Waals surface area contributed by atoms with E-state index in [9.17, 15) is 13.2 Å². The Labute approximate surface area is 170 Å². The van der Waals surface area contributed by atoms with Crippen LogP contribution in [-0.2, 0) is 25.6 Å². The molecule has 12 heteroatoms. The second-order valence-corrected chi connectivity index (χ2v) is 6.04. The van der Waals surface area contributed by atoms with Gasteiger partial charge in [0.25, 0.3) is 0 Å². The summed E-state index contributed by atoms with van der Waals surface area (Å²) in [6.07, 6.45) is -1.51. The molecule has 0 unspecified atom stereocenters. The van der Waals surface area contributed by atoms with E-state index in [0.29, 0.717) is 37.0 Å². The molecule has 146 valence electrons. The summed E-state index contributed by atoms with van der Waals surface area (Å²) in [6.45, 7) is 3.77. The predicted octanol–water partition coefficient (Wildman–Crippen LogP) is 2.34. The Morgan fingerprint density at radius 1 is 1.31 bits per heavy atom. The number of halogens is 4. The first-order chi connectivity index (χ1) is 11.9. The lowest BCUT2D eigenvalue weighted by molar-refractivity contribution is -0.140. The van der Waals surface area contributed by atoms with E-state index in [4.69, 9.17) is 0 Å². The lowest BCUT2D eigenvalue weighted by atomic mass is 10.4. The molecule has 0 aromatic carbocycles. The minimum absolute atomic E-state index is 0. The summed E-state index contributed by atoms with van der Waals surface area (Å²) in [5, 5.41) is 15.5. The highest BCUT2D eigenvalue weighted by Crippen LogP contribution is 2.29. The first kappa shape index (κ1) is 22.6. The zero-order valence-electron chi connectivity index (χ0n) is 14.4. The third-order valence-corrected chi connectivity index (χ3v) is 4.26. The number of aliphatic imine (C=N–C) groups is 1. The minimum atomic E-state index is -4.39. The molecule has 2 heterocycles. The van der Waals surface area contributed by atoms with Crippen LogP contribution < -0.4 is 10.6 Å². The Balaban J connectivity index is 0.00000338. The smallest absolute Gasteiger partial charge is 0.356 e. The molecular weight excluding hydrogens is 482 g/mol. The van der Waals surface area contributed by atoms with Gasteiger partial charge in [-0.25, -0.2) is 4.98 Å². The molecule has 0 radical (unpaired) electrons. The van der Waals surface area contributed by atoms with Crippen molar-refractivity contribution in [1.29, 1.82) is 0 Å². The molecule has 26 heavy (non-hydrogen) atoms. The van der Waals surface area contributed by atoms with Gasteiger partial charge in [-0.05, 0) is 0 Å². The number of alkyl halides is 3. The van der Waals surface area contributed by atoms with Crippen molar-refractivity contribution in [3.8, 4) is 0 Å². The van der Waals surface area contributed by atoms with E-state index in [-0.39, 0.29) is 24.0 Å². The molecule has 0 saturated heterocycles. The quantitative estimate of drug-likeness (QED) is 0.345. The summed E-state index contributed by atoms with van der Waals surface area (Å²) >= 11 is 1.01. The highest BCUT2D eigenvalue weighted by atomic mass is 127. The molecule has 0 atom stereocenters. The van der Waals surface area contributed by atoms with E-state index < -0.39 is 11.9 Å². The van der Waals surface area contributed by atoms with Crippen molar-refractivity contribution < 1.29 is 13.2 Å². The second-order valence-electron chi connectivity index (χ2n) is 5.09. The van der Waals surface area contributed by atoms with Crippen LogP contribution in [0.3, 0.4) is 0 Å². The number of hydrogen-bond donors (Lipinski definition) is 2. The van der Waals surface area contributed by atoms with Gasteiger partial charge >= 0.3 is 6.18 Å². The largest absolute Gasteiger partial charge is 0.434 e. The van der Waals surface area contributed by atoms with Crippen molar-refractivity contribution >= 4 is 41.3 Å². The van der Waals surface area contributed by atoms with Crippen molar-refractivity contribution in [3.05, 3.63) is 28.2 Å². The molecule has 7 nitrogen and oxygen atoms in total. The Morgan fingerprint density at radius 3 is 2.65 bits per heavy atom. The Morgan fingerprint density at radius 2 is 2.04 bits per heavy atom. The number of nitrogens with one attached hydrogen (secondary N) is 2. The summed E-state index contributed by atoms with van der Waals surface area (Å²) in [4.78, 5) is 7.68. The summed E-state index contributed by atoms with van der Waals surface area (Å²) in [5.41, 5.74) is -0.837. The topological polar surface area (TPSA) is 80.0 Å². The van der Waals surface area contributed by atoms with E-state index in [2.05, 4.69) is 30.8 Å². The molecular formula is C14H21F3IN7S. The van der Waals surface area contributed by atoms with Crippen LogP contribution in [-0.4, -0.2) is 45.8 Å². The average Bonchev–Trinajstić information content (AvgIpc) is 3.21. The van der Waals surface area contributed by atoms with Gasteiger partial charge in [-0.2, -0.15) is 13.2 Å². The van der Waals surface area contributed by atoms with Crippen LogP contribution in [0, 0.1) is 0 Å². The number of hydrogen-bond acceptors (Lipinski definition) is 5. The summed E-state index contributed by atoms with van der Waals surface area (Å²) in [7, 11) is 1.64. The van der Waals surface area contributed by atoms with Crippen LogP contribution in [0.5, 0.6) is 0 Å². The minimum Gasteiger partial charge on any atom is -0.356 e. The number of rotatable bonds is 7. The maximum absolute atomic E-state index is 12.5. The van der Waals surface area contributed by atoms with Gasteiger partial charge in [0.2, 0.25) is 0 Å². The zero-order chi connectivity index (χ0) is 18.3. The third kappa shape index (κ3) is 6.70. The van der Waals surface area contributed by atoms with Crippen molar-refractivity contribution in [2.45, 2.75) is 32.5 Å². The Kier molecular flexibility index (Phi) is 9.25. The highest BCUT2D eigenvalue weighted by molar-refractivity contribution is 14.0. The maximum atomic E-state index is 12.5. The third-order valence-electron chi connectivity index (χ3n) is 3.35. The average molecular weight is 503 g/mol. The van der Waals surface area contributed by atoms with Gasteiger partial charge in [-0.3, -0.25) is 4.99 Å². The SMILES string of the molecule is CCc1nncn1CCNC(=NC)NCCc1nc(C(F)(F)F)cs1.I. The van der Waals surface area contributed by atoms with Gasteiger partial charge < -0.3 is 15.2 Å². The van der Waals surface area contributed by atoms with Gasteiger partial charge in [0, 0.05) is 44.9 Å². The van der Waals surface area contributed by atoms with Gasteiger partial charge in [-0.15, -0.1) is 45.5 Å². The molecule has 0 aliphatic heterocycles. The van der Waals surface area contributed by atoms with E-state index in [1.54, 1.807) is 13.4 Å². The number of nitrogens with zero attached hydrogens (tertiary/aromatic N) is 5. The number of guanidine groups is 1. The monoisotopic (exact) mass is 503 g/mol. The molecule has 0 fully saturated rings. The molecule has 0 spiro atoms. The first-order valence-corrected chi connectivity index (χ1v) is 8.64. The lowest BCUT2D eigenvalue weighted by Crippen LogP contribution is -2.39. The second kappa shape index (κ2) is 10.6. The van der Waals surface area contributed by atoms with Crippen LogP contribution in [0.2, 0.25) is 0 Å². The van der Waals surface area contributed by atoms with Gasteiger partial charge in [0.05, 0.1) is 5.01 Å². The van der Waals surface area contributed by atoms with Crippen LogP contribution in [0.4, 0.5) is 13.2 Å². The van der Waals surface area contributed by atoms with Crippen molar-refractivity contribution in [1.82, 2.24) is 30.4 Å². The molecule has 2 rings (SSSR count). The first-order valence-electron chi connectivity index (χ1n) is 7.76. The highest BCUT2D eigenvalue weighted by Gasteiger charge is 2.33. The molecule has 0 saturated carbocycles. The fourth-order valence-electron chi connectivity index (χ4n) is 2.10. The van der Waals surface area contributed by atoms with Crippen LogP contribution >= 0.6 is 35.3 Å². The van der Waals surface area contributed by atoms with E-state index in [1.807, 2.05) is 11.5 Å². The normalized spacial score (nSPS) is 12.0. The molecule has 0 bridgehead atoms. The fourth-order valence-corrected chi connectivity index (χ4v) is 2.90. The molecule has 2 aromatic heterocycles. The number of aryl methyl sites for hydroxylation is 1. The summed E-state index contributed by atoms with van der Waals surface area (Å²) < 4.78 is 39.5. The van der Waals surface area contributed by atoms with E-state index in [1.165, 1.54) is 0 Å². The summed E-state index contributed by atoms with van der Waals surface area (Å²) in [6, 6.07) is 0. The number of thiazole rings is 1. The van der Waals surface area contributed by atoms with Crippen molar-refractivity contribution in [2.75, 3.05) is 20.1 Å². The summed E-state index contributed by atoms with van der Waals surface area (Å²) in [5.74, 6) is 1.49. The van der Waals surface area contributed by atoms with Crippen LogP contribution in [0.1, 0.15) is 23.4 Å². The molecule has 0 aliphatic rings. The molecule has 2 aromatic rings. The number of aromatic nitrogens is 4. The van der Waals surface area contributed by atoms with Crippen LogP contribution in [0.15, 0.2) is 16.7 Å². The molecule has 0 aliphatic carbocycles. The fraction of sp³-hybridized carbons (Fsp3) is 0.571. The zero-order valence-corrected chi connectivity index (χ0v) is 17.5. The maximum Gasteiger partial charge on any atom is 0.434 e. The predicted molar refractivity (Wildman–Crippen MR) is 105 cm³/mol. The molecule has 2 N–H and O–H groups in total. The molecule has 0 amide bonds. The van der Waals surface area contributed by atoms with Gasteiger partial charge in [-0.1, -0.05) is 6.92 Å². The van der Waals surface area contributed by atoms with Crippen molar-refractivity contribution in [2.24, 2.45) is 4.99 Å². The van der Waals surface area contributed by atoms with Crippen LogP contribution in [0.25, 0.3) is 0 Å². The van der Waals surface area contributed by atoms with E-state index >= 15 is 0 Å². The lowest BCUT2D eigenvalue weighted by Gasteiger charge is -2.12. The Bertz CT molecular complexity index is 699. The van der Waals surface area contributed by atoms with Gasteiger partial charge in [0.1, 0.15) is 12.2 Å². The van der Waals surface area contributed by atoms with Crippen molar-refractivity contribution in [3.63, 3.8) is 0 Å². The van der Waals surface area contributed by atoms with E-state index in [0.717, 1.165) is 29.0 Å².